The summed E-state index contributed by atoms with van der Waals surface area (Å²) in [6, 6.07) is 5.00. The topological polar surface area (TPSA) is 29.9 Å². The number of fused-ring (bicyclic) bond motifs is 5. The van der Waals surface area contributed by atoms with Gasteiger partial charge in [0.25, 0.3) is 0 Å². The van der Waals surface area contributed by atoms with Gasteiger partial charge in [-0.3, -0.25) is 0 Å². The summed E-state index contributed by atoms with van der Waals surface area (Å²) in [5.41, 5.74) is 4.47. The molecule has 3 nitrogen and oxygen atoms in total. The van der Waals surface area contributed by atoms with E-state index in [1.54, 1.807) is 6.07 Å². The quantitative estimate of drug-likeness (QED) is 0.636. The minimum atomic E-state index is -0.158. The Morgan fingerprint density at radius 2 is 2.29 bits per heavy atom. The number of halogens is 1. The maximum atomic E-state index is 13.2. The molecule has 0 saturated heterocycles. The van der Waals surface area contributed by atoms with E-state index in [-0.39, 0.29) is 5.82 Å². The second-order valence-electron chi connectivity index (χ2n) is 4.63. The maximum Gasteiger partial charge on any atom is 0.123 e. The second kappa shape index (κ2) is 3.17. The fourth-order valence-electron chi connectivity index (χ4n) is 2.84. The standard InChI is InChI=1S/C13H12FN3/c14-9-1-2-10-8(5-9)6-11-13(10)16-12-7-15-3-4-17(11)12/h1-2,5,15H,3-4,6-7H2. The Kier molecular flexibility index (Phi) is 1.74. The van der Waals surface area contributed by atoms with E-state index in [0.29, 0.717) is 0 Å². The normalized spacial score (nSPS) is 16.5. The molecule has 0 saturated carbocycles. The number of hydrogen-bond acceptors (Lipinski definition) is 2. The van der Waals surface area contributed by atoms with Crippen molar-refractivity contribution in [2.45, 2.75) is 19.5 Å². The van der Waals surface area contributed by atoms with Crippen LogP contribution in [0.15, 0.2) is 18.2 Å². The Hall–Kier alpha value is -1.68. The molecule has 0 atom stereocenters. The highest BCUT2D eigenvalue weighted by Gasteiger charge is 2.27. The van der Waals surface area contributed by atoms with E-state index in [4.69, 9.17) is 0 Å². The molecule has 0 bridgehead atoms. The van der Waals surface area contributed by atoms with Crippen LogP contribution in [0.4, 0.5) is 4.39 Å². The minimum absolute atomic E-state index is 0.158. The molecule has 0 radical (unpaired) electrons. The average molecular weight is 229 g/mol. The number of hydrogen-bond donors (Lipinski definition) is 1. The zero-order valence-corrected chi connectivity index (χ0v) is 9.33. The third-order valence-corrected chi connectivity index (χ3v) is 3.63. The Balaban J connectivity index is 1.93. The number of benzene rings is 1. The van der Waals surface area contributed by atoms with Gasteiger partial charge in [0.2, 0.25) is 0 Å². The van der Waals surface area contributed by atoms with Gasteiger partial charge < -0.3 is 9.88 Å². The van der Waals surface area contributed by atoms with Crippen molar-refractivity contribution in [3.63, 3.8) is 0 Å². The van der Waals surface area contributed by atoms with Crippen LogP contribution in [0.2, 0.25) is 0 Å². The summed E-state index contributed by atoms with van der Waals surface area (Å²) in [4.78, 5) is 4.68. The summed E-state index contributed by atoms with van der Waals surface area (Å²) in [6.07, 6.45) is 0.815. The van der Waals surface area contributed by atoms with Crippen LogP contribution in [0.3, 0.4) is 0 Å². The molecule has 1 aliphatic carbocycles. The summed E-state index contributed by atoms with van der Waals surface area (Å²) in [6.45, 7) is 2.79. The second-order valence-corrected chi connectivity index (χ2v) is 4.63. The minimum Gasteiger partial charge on any atom is -0.329 e. The Morgan fingerprint density at radius 1 is 1.35 bits per heavy atom. The molecule has 2 aliphatic rings. The average Bonchev–Trinajstić information content (AvgIpc) is 2.84. The first kappa shape index (κ1) is 9.36. The van der Waals surface area contributed by atoms with Gasteiger partial charge in [0, 0.05) is 30.8 Å². The first-order valence-electron chi connectivity index (χ1n) is 5.91. The lowest BCUT2D eigenvalue weighted by atomic mass is 10.1. The van der Waals surface area contributed by atoms with Crippen molar-refractivity contribution < 1.29 is 4.39 Å². The highest BCUT2D eigenvalue weighted by molar-refractivity contribution is 5.72. The summed E-state index contributed by atoms with van der Waals surface area (Å²) in [5, 5.41) is 3.32. The molecule has 0 amide bonds. The SMILES string of the molecule is Fc1ccc2c(c1)Cc1c-2nc2n1CCNC2. The van der Waals surface area contributed by atoms with E-state index in [9.17, 15) is 4.39 Å². The highest BCUT2D eigenvalue weighted by Crippen LogP contribution is 2.37. The molecule has 0 spiro atoms. The van der Waals surface area contributed by atoms with Crippen LogP contribution in [0.25, 0.3) is 11.3 Å². The van der Waals surface area contributed by atoms with Crippen molar-refractivity contribution in [1.82, 2.24) is 14.9 Å². The van der Waals surface area contributed by atoms with E-state index in [1.165, 1.54) is 11.8 Å². The van der Waals surface area contributed by atoms with Crippen molar-refractivity contribution in [2.75, 3.05) is 6.54 Å². The molecule has 4 heteroatoms. The van der Waals surface area contributed by atoms with Gasteiger partial charge in [-0.05, 0) is 23.8 Å². The van der Waals surface area contributed by atoms with Crippen LogP contribution < -0.4 is 5.32 Å². The molecule has 4 rings (SSSR count). The largest absolute Gasteiger partial charge is 0.329 e. The van der Waals surface area contributed by atoms with E-state index < -0.39 is 0 Å². The zero-order valence-electron chi connectivity index (χ0n) is 9.33. The number of nitrogens with zero attached hydrogens (tertiary/aromatic N) is 2. The molecule has 1 N–H and O–H groups in total. The number of rotatable bonds is 0. The van der Waals surface area contributed by atoms with Gasteiger partial charge >= 0.3 is 0 Å². The Morgan fingerprint density at radius 3 is 3.24 bits per heavy atom. The van der Waals surface area contributed by atoms with Crippen molar-refractivity contribution in [2.24, 2.45) is 0 Å². The van der Waals surface area contributed by atoms with Gasteiger partial charge in [-0.15, -0.1) is 0 Å². The fraction of sp³-hybridized carbons (Fsp3) is 0.308. The van der Waals surface area contributed by atoms with Crippen LogP contribution in [-0.2, 0) is 19.5 Å². The van der Waals surface area contributed by atoms with Crippen molar-refractivity contribution in [3.8, 4) is 11.3 Å². The number of imidazole rings is 1. The van der Waals surface area contributed by atoms with Crippen molar-refractivity contribution in [1.29, 1.82) is 0 Å². The van der Waals surface area contributed by atoms with E-state index in [1.807, 2.05) is 6.07 Å². The number of nitrogens with one attached hydrogen (secondary N) is 1. The van der Waals surface area contributed by atoms with Gasteiger partial charge in [0.1, 0.15) is 11.6 Å². The van der Waals surface area contributed by atoms with E-state index in [0.717, 1.165) is 48.7 Å². The molecule has 17 heavy (non-hydrogen) atoms. The summed E-state index contributed by atoms with van der Waals surface area (Å²) in [7, 11) is 0. The van der Waals surface area contributed by atoms with Crippen LogP contribution in [-0.4, -0.2) is 16.1 Å². The highest BCUT2D eigenvalue weighted by atomic mass is 19.1. The third kappa shape index (κ3) is 1.21. The molecular weight excluding hydrogens is 217 g/mol. The van der Waals surface area contributed by atoms with Crippen LogP contribution in [0.1, 0.15) is 17.1 Å². The fourth-order valence-corrected chi connectivity index (χ4v) is 2.84. The molecule has 2 heterocycles. The predicted octanol–water partition coefficient (Wildman–Crippen LogP) is 1.70. The van der Waals surface area contributed by atoms with E-state index in [2.05, 4.69) is 14.9 Å². The monoisotopic (exact) mass is 229 g/mol. The zero-order chi connectivity index (χ0) is 11.4. The Labute approximate surface area is 98.3 Å². The molecule has 1 aromatic carbocycles. The Bertz CT molecular complexity index is 615. The lowest BCUT2D eigenvalue weighted by molar-refractivity contribution is 0.496. The molecule has 0 fully saturated rings. The first-order chi connectivity index (χ1) is 8.33. The van der Waals surface area contributed by atoms with Crippen LogP contribution >= 0.6 is 0 Å². The molecule has 0 unspecified atom stereocenters. The molecule has 2 aromatic rings. The van der Waals surface area contributed by atoms with Crippen molar-refractivity contribution >= 4 is 0 Å². The van der Waals surface area contributed by atoms with Gasteiger partial charge in [-0.1, -0.05) is 0 Å². The summed E-state index contributed by atoms with van der Waals surface area (Å²) < 4.78 is 15.5. The molecular formula is C13H12FN3. The summed E-state index contributed by atoms with van der Waals surface area (Å²) >= 11 is 0. The maximum absolute atomic E-state index is 13.2. The molecule has 1 aliphatic heterocycles. The van der Waals surface area contributed by atoms with Gasteiger partial charge in [0.05, 0.1) is 12.2 Å². The molecule has 1 aromatic heterocycles. The van der Waals surface area contributed by atoms with E-state index >= 15 is 0 Å². The number of aromatic nitrogens is 2. The van der Waals surface area contributed by atoms with Gasteiger partial charge in [-0.25, -0.2) is 9.37 Å². The third-order valence-electron chi connectivity index (χ3n) is 3.63. The molecule has 86 valence electrons. The van der Waals surface area contributed by atoms with Crippen LogP contribution in [0.5, 0.6) is 0 Å². The first-order valence-corrected chi connectivity index (χ1v) is 5.91. The lowest BCUT2D eigenvalue weighted by Gasteiger charge is -2.16. The van der Waals surface area contributed by atoms with Crippen molar-refractivity contribution in [3.05, 3.63) is 41.1 Å². The van der Waals surface area contributed by atoms with Gasteiger partial charge in [-0.2, -0.15) is 0 Å². The predicted molar refractivity (Wildman–Crippen MR) is 62.1 cm³/mol. The lowest BCUT2D eigenvalue weighted by Crippen LogP contribution is -2.29. The smallest absolute Gasteiger partial charge is 0.123 e. The van der Waals surface area contributed by atoms with Gasteiger partial charge in [0.15, 0.2) is 0 Å². The summed E-state index contributed by atoms with van der Waals surface area (Å²) in [5.74, 6) is 0.950. The van der Waals surface area contributed by atoms with Crippen LogP contribution in [0, 0.1) is 5.82 Å².